The molecule has 178 valence electrons. The largest absolute Gasteiger partial charge is 0.497 e. The number of piperidine rings is 1. The van der Waals surface area contributed by atoms with Crippen molar-refractivity contribution >= 4 is 5.91 Å². The minimum atomic E-state index is -0.528. The van der Waals surface area contributed by atoms with Gasteiger partial charge in [-0.25, -0.2) is 4.98 Å². The molecule has 0 saturated carbocycles. The fourth-order valence-corrected chi connectivity index (χ4v) is 5.35. The average Bonchev–Trinajstić information content (AvgIpc) is 3.35. The summed E-state index contributed by atoms with van der Waals surface area (Å²) in [6.07, 6.45) is 7.27. The molecule has 1 aromatic carbocycles. The highest BCUT2D eigenvalue weighted by molar-refractivity contribution is 5.81. The Morgan fingerprint density at radius 1 is 1.27 bits per heavy atom. The van der Waals surface area contributed by atoms with Crippen molar-refractivity contribution in [2.45, 2.75) is 50.5 Å². The van der Waals surface area contributed by atoms with E-state index in [2.05, 4.69) is 19.8 Å². The highest BCUT2D eigenvalue weighted by Gasteiger charge is 2.47. The maximum atomic E-state index is 13.1. The normalized spacial score (nSPS) is 23.2. The molecule has 0 aliphatic carbocycles. The van der Waals surface area contributed by atoms with E-state index in [4.69, 9.17) is 14.2 Å². The third-order valence-electron chi connectivity index (χ3n) is 7.27. The first kappa shape index (κ1) is 22.4. The molecule has 0 unspecified atom stereocenters. The summed E-state index contributed by atoms with van der Waals surface area (Å²) >= 11 is 0. The van der Waals surface area contributed by atoms with Crippen LogP contribution in [0.4, 0.5) is 0 Å². The molecule has 3 aliphatic heterocycles. The Kier molecular flexibility index (Phi) is 6.66. The van der Waals surface area contributed by atoms with E-state index in [1.165, 1.54) is 0 Å². The molecule has 5 rings (SSSR count). The van der Waals surface area contributed by atoms with Crippen LogP contribution in [0.1, 0.15) is 37.1 Å². The van der Waals surface area contributed by atoms with E-state index in [-0.39, 0.29) is 5.91 Å². The molecular weight excluding hydrogens is 420 g/mol. The number of carbonyl (C=O) groups excluding carboxylic acids is 1. The molecule has 2 saturated heterocycles. The highest BCUT2D eigenvalue weighted by atomic mass is 16.5. The number of nitrogens with zero attached hydrogens (tertiary/aromatic N) is 3. The summed E-state index contributed by atoms with van der Waals surface area (Å²) in [4.78, 5) is 20.3. The molecule has 1 amide bonds. The van der Waals surface area contributed by atoms with Crippen LogP contribution in [-0.2, 0) is 33.0 Å². The standard InChI is InChI=1S/C25H34N4O4/c1-31-21-4-2-3-20(15-21)16-27-23(30)22-18-29-12-9-26-24(29)25(33-22)7-10-28(11-8-25)17-19-5-13-32-14-6-19/h2-4,9,12,15,19,22H,5-8,10-11,13-14,16-18H2,1H3,(H,27,30)/t22-/m0/s1. The molecule has 1 aromatic heterocycles. The second-order valence-electron chi connectivity index (χ2n) is 9.43. The summed E-state index contributed by atoms with van der Waals surface area (Å²) in [6, 6.07) is 7.74. The van der Waals surface area contributed by atoms with Gasteiger partial charge >= 0.3 is 0 Å². The predicted octanol–water partition coefficient (Wildman–Crippen LogP) is 2.32. The third-order valence-corrected chi connectivity index (χ3v) is 7.27. The van der Waals surface area contributed by atoms with Gasteiger partial charge in [-0.1, -0.05) is 12.1 Å². The highest BCUT2D eigenvalue weighted by Crippen LogP contribution is 2.40. The topological polar surface area (TPSA) is 77.9 Å². The van der Waals surface area contributed by atoms with Gasteiger partial charge in [0.25, 0.3) is 5.91 Å². The van der Waals surface area contributed by atoms with E-state index in [9.17, 15) is 4.79 Å². The van der Waals surface area contributed by atoms with Crippen molar-refractivity contribution in [2.75, 3.05) is 40.0 Å². The fourth-order valence-electron chi connectivity index (χ4n) is 5.35. The fraction of sp³-hybridized carbons (Fsp3) is 0.600. The van der Waals surface area contributed by atoms with Crippen LogP contribution in [0.2, 0.25) is 0 Å². The van der Waals surface area contributed by atoms with Crippen LogP contribution in [0.5, 0.6) is 5.75 Å². The number of ether oxygens (including phenoxy) is 3. The van der Waals surface area contributed by atoms with Crippen molar-refractivity contribution in [3.05, 3.63) is 48.0 Å². The van der Waals surface area contributed by atoms with Gasteiger partial charge in [-0.3, -0.25) is 4.79 Å². The minimum absolute atomic E-state index is 0.0822. The predicted molar refractivity (Wildman–Crippen MR) is 123 cm³/mol. The average molecular weight is 455 g/mol. The summed E-state index contributed by atoms with van der Waals surface area (Å²) in [5, 5.41) is 3.05. The molecule has 0 radical (unpaired) electrons. The van der Waals surface area contributed by atoms with Gasteiger partial charge in [0, 0.05) is 51.8 Å². The summed E-state index contributed by atoms with van der Waals surface area (Å²) in [5.41, 5.74) is 0.504. The first-order valence-corrected chi connectivity index (χ1v) is 12.1. The van der Waals surface area contributed by atoms with Gasteiger partial charge in [0.05, 0.1) is 13.7 Å². The van der Waals surface area contributed by atoms with E-state index < -0.39 is 11.7 Å². The number of nitrogens with one attached hydrogen (secondary N) is 1. The lowest BCUT2D eigenvalue weighted by atomic mass is 9.87. The molecular formula is C25H34N4O4. The van der Waals surface area contributed by atoms with Gasteiger partial charge in [0.2, 0.25) is 0 Å². The van der Waals surface area contributed by atoms with Gasteiger partial charge in [-0.2, -0.15) is 0 Å². The van der Waals surface area contributed by atoms with Gasteiger partial charge in [-0.15, -0.1) is 0 Å². The number of likely N-dealkylation sites (tertiary alicyclic amines) is 1. The Bertz CT molecular complexity index is 947. The molecule has 8 heteroatoms. The maximum Gasteiger partial charge on any atom is 0.251 e. The molecule has 1 spiro atoms. The van der Waals surface area contributed by atoms with Crippen molar-refractivity contribution < 1.29 is 19.0 Å². The van der Waals surface area contributed by atoms with E-state index in [1.807, 2.05) is 36.7 Å². The number of amides is 1. The zero-order valence-corrected chi connectivity index (χ0v) is 19.4. The number of rotatable bonds is 6. The lowest BCUT2D eigenvalue weighted by Crippen LogP contribution is -2.54. The second kappa shape index (κ2) is 9.83. The maximum absolute atomic E-state index is 13.1. The summed E-state index contributed by atoms with van der Waals surface area (Å²) in [6.45, 7) is 5.75. The zero-order chi connectivity index (χ0) is 22.7. The Balaban J connectivity index is 1.22. The summed E-state index contributed by atoms with van der Waals surface area (Å²) < 4.78 is 19.5. The minimum Gasteiger partial charge on any atom is -0.497 e. The van der Waals surface area contributed by atoms with E-state index in [0.717, 1.165) is 81.6 Å². The number of fused-ring (bicyclic) bond motifs is 2. The van der Waals surface area contributed by atoms with Crippen LogP contribution in [0.3, 0.4) is 0 Å². The van der Waals surface area contributed by atoms with Crippen LogP contribution < -0.4 is 10.1 Å². The monoisotopic (exact) mass is 454 g/mol. The van der Waals surface area contributed by atoms with E-state index in [1.54, 1.807) is 7.11 Å². The Morgan fingerprint density at radius 2 is 2.09 bits per heavy atom. The number of methoxy groups -OCH3 is 1. The summed E-state index contributed by atoms with van der Waals surface area (Å²) in [5.74, 6) is 2.38. The molecule has 3 aliphatic rings. The van der Waals surface area contributed by atoms with Crippen LogP contribution in [0, 0.1) is 5.92 Å². The van der Waals surface area contributed by atoms with Crippen LogP contribution in [-0.4, -0.2) is 66.4 Å². The van der Waals surface area contributed by atoms with Gasteiger partial charge in [0.1, 0.15) is 17.2 Å². The van der Waals surface area contributed by atoms with Gasteiger partial charge in [0.15, 0.2) is 6.10 Å². The number of carbonyl (C=O) groups is 1. The Morgan fingerprint density at radius 3 is 2.88 bits per heavy atom. The molecule has 2 aromatic rings. The number of aromatic nitrogens is 2. The number of hydrogen-bond acceptors (Lipinski definition) is 6. The van der Waals surface area contributed by atoms with Crippen LogP contribution in [0.25, 0.3) is 0 Å². The van der Waals surface area contributed by atoms with Crippen LogP contribution in [0.15, 0.2) is 36.7 Å². The molecule has 1 N–H and O–H groups in total. The van der Waals surface area contributed by atoms with Crippen molar-refractivity contribution in [1.82, 2.24) is 19.8 Å². The van der Waals surface area contributed by atoms with Crippen molar-refractivity contribution in [3.8, 4) is 5.75 Å². The van der Waals surface area contributed by atoms with Crippen molar-refractivity contribution in [2.24, 2.45) is 5.92 Å². The van der Waals surface area contributed by atoms with E-state index >= 15 is 0 Å². The number of benzene rings is 1. The first-order chi connectivity index (χ1) is 16.1. The smallest absolute Gasteiger partial charge is 0.251 e. The second-order valence-corrected chi connectivity index (χ2v) is 9.43. The molecule has 4 heterocycles. The lowest BCUT2D eigenvalue weighted by Gasteiger charge is -2.46. The van der Waals surface area contributed by atoms with Crippen molar-refractivity contribution in [3.63, 3.8) is 0 Å². The molecule has 0 bridgehead atoms. The van der Waals surface area contributed by atoms with Gasteiger partial charge < -0.3 is 29.0 Å². The van der Waals surface area contributed by atoms with Crippen LogP contribution >= 0.6 is 0 Å². The third kappa shape index (κ3) is 4.93. The summed E-state index contributed by atoms with van der Waals surface area (Å²) in [7, 11) is 1.64. The van der Waals surface area contributed by atoms with Crippen molar-refractivity contribution in [1.29, 1.82) is 0 Å². The molecule has 1 atom stereocenters. The molecule has 8 nitrogen and oxygen atoms in total. The Labute approximate surface area is 195 Å². The van der Waals surface area contributed by atoms with E-state index in [0.29, 0.717) is 13.1 Å². The quantitative estimate of drug-likeness (QED) is 0.722. The molecule has 2 fully saturated rings. The lowest BCUT2D eigenvalue weighted by molar-refractivity contribution is -0.174. The number of imidazole rings is 1. The SMILES string of the molecule is COc1cccc(CNC(=O)[C@@H]2Cn3ccnc3C3(CCN(CC4CCOCC4)CC3)O2)c1. The Hall–Kier alpha value is -2.42. The number of hydrogen-bond donors (Lipinski definition) is 1. The van der Waals surface area contributed by atoms with Gasteiger partial charge in [-0.05, 0) is 49.3 Å². The molecule has 33 heavy (non-hydrogen) atoms. The zero-order valence-electron chi connectivity index (χ0n) is 19.4. The first-order valence-electron chi connectivity index (χ1n) is 12.1.